The zero-order valence-electron chi connectivity index (χ0n) is 12.6. The van der Waals surface area contributed by atoms with Crippen LogP contribution in [0.2, 0.25) is 0 Å². The molecule has 1 amide bonds. The number of carbonyl (C=O) groups is 2. The molecule has 0 aliphatic heterocycles. The van der Waals surface area contributed by atoms with Gasteiger partial charge in [0.15, 0.2) is 0 Å². The Morgan fingerprint density at radius 3 is 2.29 bits per heavy atom. The zero-order chi connectivity index (χ0) is 15.4. The van der Waals surface area contributed by atoms with Crippen molar-refractivity contribution in [2.24, 2.45) is 11.8 Å². The normalized spacial score (nSPS) is 23.3. The van der Waals surface area contributed by atoms with Gasteiger partial charge in [-0.05, 0) is 32.3 Å². The molecular weight excluding hydrogens is 266 g/mol. The van der Waals surface area contributed by atoms with Crippen LogP contribution in [0.25, 0.3) is 0 Å². The number of carbonyl (C=O) groups excluding carboxylic acids is 1. The van der Waals surface area contributed by atoms with Gasteiger partial charge in [-0.1, -0.05) is 42.7 Å². The van der Waals surface area contributed by atoms with Gasteiger partial charge in [-0.2, -0.15) is 0 Å². The maximum absolute atomic E-state index is 12.4. The number of amides is 1. The van der Waals surface area contributed by atoms with Crippen molar-refractivity contribution in [3.05, 3.63) is 35.4 Å². The molecule has 0 aromatic heterocycles. The molecule has 1 aromatic rings. The van der Waals surface area contributed by atoms with E-state index >= 15 is 0 Å². The summed E-state index contributed by atoms with van der Waals surface area (Å²) in [4.78, 5) is 23.7. The van der Waals surface area contributed by atoms with Crippen molar-refractivity contribution in [2.75, 3.05) is 0 Å². The minimum Gasteiger partial charge on any atom is -0.481 e. The predicted molar refractivity (Wildman–Crippen MR) is 80.8 cm³/mol. The molecule has 1 aromatic carbocycles. The standard InChI is InChI=1S/C17H23NO3/c1-11-7-9-13(10-8-11)12(2)18-16(19)14-5-3-4-6-15(14)17(20)21/h7-10,12,14-15H,3-6H2,1-2H3,(H,18,19)(H,20,21)/t12-,14?,15?/m1/s1. The fourth-order valence-electron chi connectivity index (χ4n) is 3.00. The van der Waals surface area contributed by atoms with Crippen molar-refractivity contribution < 1.29 is 14.7 Å². The van der Waals surface area contributed by atoms with E-state index in [4.69, 9.17) is 0 Å². The molecule has 1 aliphatic carbocycles. The average molecular weight is 289 g/mol. The van der Waals surface area contributed by atoms with Crippen LogP contribution in [0, 0.1) is 18.8 Å². The zero-order valence-corrected chi connectivity index (χ0v) is 12.6. The summed E-state index contributed by atoms with van der Waals surface area (Å²) in [6.45, 7) is 3.95. The van der Waals surface area contributed by atoms with Crippen molar-refractivity contribution >= 4 is 11.9 Å². The summed E-state index contributed by atoms with van der Waals surface area (Å²) in [5.41, 5.74) is 2.21. The van der Waals surface area contributed by atoms with E-state index in [9.17, 15) is 14.7 Å². The lowest BCUT2D eigenvalue weighted by molar-refractivity contribution is -0.149. The highest BCUT2D eigenvalue weighted by Crippen LogP contribution is 2.31. The first-order chi connectivity index (χ1) is 9.99. The van der Waals surface area contributed by atoms with Gasteiger partial charge in [-0.3, -0.25) is 9.59 Å². The lowest BCUT2D eigenvalue weighted by Gasteiger charge is -2.28. The maximum Gasteiger partial charge on any atom is 0.307 e. The molecule has 21 heavy (non-hydrogen) atoms. The van der Waals surface area contributed by atoms with Crippen LogP contribution in [0.5, 0.6) is 0 Å². The summed E-state index contributed by atoms with van der Waals surface area (Å²) >= 11 is 0. The molecule has 4 heteroatoms. The first-order valence-electron chi connectivity index (χ1n) is 7.59. The summed E-state index contributed by atoms with van der Waals surface area (Å²) in [5, 5.41) is 12.2. The van der Waals surface area contributed by atoms with E-state index in [1.54, 1.807) is 0 Å². The Bertz CT molecular complexity index is 509. The van der Waals surface area contributed by atoms with Gasteiger partial charge >= 0.3 is 5.97 Å². The number of carboxylic acid groups (broad SMARTS) is 1. The molecule has 4 nitrogen and oxygen atoms in total. The minimum absolute atomic E-state index is 0.102. The minimum atomic E-state index is -0.849. The van der Waals surface area contributed by atoms with Gasteiger partial charge in [0.2, 0.25) is 5.91 Å². The van der Waals surface area contributed by atoms with Crippen LogP contribution in [-0.4, -0.2) is 17.0 Å². The average Bonchev–Trinajstić information content (AvgIpc) is 2.47. The molecule has 114 valence electrons. The topological polar surface area (TPSA) is 66.4 Å². The van der Waals surface area contributed by atoms with Gasteiger partial charge in [0.05, 0.1) is 17.9 Å². The van der Waals surface area contributed by atoms with Crippen LogP contribution in [0.1, 0.15) is 49.8 Å². The van der Waals surface area contributed by atoms with Gasteiger partial charge in [0.1, 0.15) is 0 Å². The Hall–Kier alpha value is -1.84. The van der Waals surface area contributed by atoms with Crippen molar-refractivity contribution in [3.8, 4) is 0 Å². The Morgan fingerprint density at radius 2 is 1.71 bits per heavy atom. The molecule has 0 spiro atoms. The fourth-order valence-corrected chi connectivity index (χ4v) is 3.00. The maximum atomic E-state index is 12.4. The molecule has 0 radical (unpaired) electrons. The van der Waals surface area contributed by atoms with Crippen LogP contribution in [0.3, 0.4) is 0 Å². The van der Waals surface area contributed by atoms with Crippen LogP contribution >= 0.6 is 0 Å². The van der Waals surface area contributed by atoms with Crippen molar-refractivity contribution in [1.29, 1.82) is 0 Å². The number of hydrogen-bond donors (Lipinski definition) is 2. The first kappa shape index (κ1) is 15.5. The molecule has 1 fully saturated rings. The number of benzene rings is 1. The molecule has 1 aliphatic rings. The van der Waals surface area contributed by atoms with Gasteiger partial charge in [-0.25, -0.2) is 0 Å². The molecule has 3 atom stereocenters. The monoisotopic (exact) mass is 289 g/mol. The Labute approximate surface area is 125 Å². The smallest absolute Gasteiger partial charge is 0.307 e. The van der Waals surface area contributed by atoms with E-state index in [0.717, 1.165) is 18.4 Å². The van der Waals surface area contributed by atoms with Crippen LogP contribution in [0.15, 0.2) is 24.3 Å². The van der Waals surface area contributed by atoms with Gasteiger partial charge in [-0.15, -0.1) is 0 Å². The number of nitrogens with one attached hydrogen (secondary N) is 1. The summed E-state index contributed by atoms with van der Waals surface area (Å²) in [6, 6.07) is 7.91. The van der Waals surface area contributed by atoms with Crippen LogP contribution < -0.4 is 5.32 Å². The second-order valence-corrected chi connectivity index (χ2v) is 5.98. The van der Waals surface area contributed by atoms with E-state index in [2.05, 4.69) is 5.32 Å². The van der Waals surface area contributed by atoms with Crippen molar-refractivity contribution in [2.45, 2.75) is 45.6 Å². The molecule has 1 saturated carbocycles. The number of carboxylic acids is 1. The van der Waals surface area contributed by atoms with E-state index in [1.807, 2.05) is 38.1 Å². The molecule has 0 saturated heterocycles. The summed E-state index contributed by atoms with van der Waals surface area (Å²) in [5.74, 6) is -1.92. The van der Waals surface area contributed by atoms with E-state index in [0.29, 0.717) is 12.8 Å². The lowest BCUT2D eigenvalue weighted by Crippen LogP contribution is -2.40. The fraction of sp³-hybridized carbons (Fsp3) is 0.529. The second-order valence-electron chi connectivity index (χ2n) is 5.98. The van der Waals surface area contributed by atoms with Crippen LogP contribution in [0.4, 0.5) is 0 Å². The molecule has 0 bridgehead atoms. The Kier molecular flexibility index (Phi) is 4.99. The SMILES string of the molecule is Cc1ccc([C@@H](C)NC(=O)C2CCCCC2C(=O)O)cc1. The van der Waals surface area contributed by atoms with Crippen LogP contribution in [-0.2, 0) is 9.59 Å². The highest BCUT2D eigenvalue weighted by Gasteiger charge is 2.36. The third-order valence-corrected chi connectivity index (χ3v) is 4.36. The quantitative estimate of drug-likeness (QED) is 0.895. The first-order valence-corrected chi connectivity index (χ1v) is 7.59. The highest BCUT2D eigenvalue weighted by atomic mass is 16.4. The molecule has 2 unspecified atom stereocenters. The third kappa shape index (κ3) is 3.84. The largest absolute Gasteiger partial charge is 0.481 e. The highest BCUT2D eigenvalue weighted by molar-refractivity contribution is 5.85. The Balaban J connectivity index is 2.02. The number of aryl methyl sites for hydroxylation is 1. The van der Waals surface area contributed by atoms with E-state index < -0.39 is 17.8 Å². The molecular formula is C17H23NO3. The lowest BCUT2D eigenvalue weighted by atomic mass is 9.78. The van der Waals surface area contributed by atoms with Gasteiger partial charge in [0.25, 0.3) is 0 Å². The molecule has 2 rings (SSSR count). The Morgan fingerprint density at radius 1 is 1.14 bits per heavy atom. The van der Waals surface area contributed by atoms with Gasteiger partial charge < -0.3 is 10.4 Å². The van der Waals surface area contributed by atoms with Gasteiger partial charge in [0, 0.05) is 0 Å². The van der Waals surface area contributed by atoms with Crippen molar-refractivity contribution in [3.63, 3.8) is 0 Å². The van der Waals surface area contributed by atoms with E-state index in [-0.39, 0.29) is 11.9 Å². The predicted octanol–water partition coefficient (Wildman–Crippen LogP) is 3.06. The molecule has 0 heterocycles. The second kappa shape index (κ2) is 6.74. The van der Waals surface area contributed by atoms with Crippen molar-refractivity contribution in [1.82, 2.24) is 5.32 Å². The molecule has 2 N–H and O–H groups in total. The summed E-state index contributed by atoms with van der Waals surface area (Å²) in [7, 11) is 0. The summed E-state index contributed by atoms with van der Waals surface area (Å²) in [6.07, 6.45) is 3.10. The number of hydrogen-bond acceptors (Lipinski definition) is 2. The van der Waals surface area contributed by atoms with E-state index in [1.165, 1.54) is 5.56 Å². The third-order valence-electron chi connectivity index (χ3n) is 4.36. The summed E-state index contributed by atoms with van der Waals surface area (Å²) < 4.78 is 0. The number of rotatable bonds is 4. The number of aliphatic carboxylic acids is 1.